The average Bonchev–Trinajstić information content (AvgIpc) is 3.37. The Morgan fingerprint density at radius 2 is 1.73 bits per heavy atom. The highest BCUT2D eigenvalue weighted by Gasteiger charge is 2.28. The quantitative estimate of drug-likeness (QED) is 0.701. The van der Waals surface area contributed by atoms with Gasteiger partial charge in [-0.05, 0) is 82.1 Å². The Morgan fingerprint density at radius 1 is 1.03 bits per heavy atom. The Labute approximate surface area is 196 Å². The Kier molecular flexibility index (Phi) is 7.60. The zero-order valence-corrected chi connectivity index (χ0v) is 19.7. The highest BCUT2D eigenvalue weighted by Crippen LogP contribution is 2.30. The Balaban J connectivity index is 1.37. The third-order valence-corrected chi connectivity index (χ3v) is 6.73. The smallest absolute Gasteiger partial charge is 0.253 e. The van der Waals surface area contributed by atoms with Gasteiger partial charge in [0.1, 0.15) is 5.75 Å². The lowest BCUT2D eigenvalue weighted by Crippen LogP contribution is -2.39. The van der Waals surface area contributed by atoms with Gasteiger partial charge in [0.2, 0.25) is 0 Å². The highest BCUT2D eigenvalue weighted by molar-refractivity contribution is 5.96. The van der Waals surface area contributed by atoms with Crippen LogP contribution < -0.4 is 10.1 Å². The molecular formula is C26H34N4O3. The number of carbonyl (C=O) groups is 2. The number of nitrogens with zero attached hydrogens (tertiary/aromatic N) is 3. The monoisotopic (exact) mass is 450 g/mol. The van der Waals surface area contributed by atoms with E-state index in [2.05, 4.69) is 10.2 Å². The minimum atomic E-state index is -0.0477. The lowest BCUT2D eigenvalue weighted by atomic mass is 9.89. The fraction of sp³-hybridized carbons (Fsp3) is 0.500. The van der Waals surface area contributed by atoms with Crippen molar-refractivity contribution >= 4 is 11.8 Å². The van der Waals surface area contributed by atoms with Crippen LogP contribution in [0.5, 0.6) is 5.75 Å². The van der Waals surface area contributed by atoms with E-state index in [9.17, 15) is 9.59 Å². The zero-order valence-electron chi connectivity index (χ0n) is 19.7. The number of methoxy groups -OCH3 is 1. The summed E-state index contributed by atoms with van der Waals surface area (Å²) in [4.78, 5) is 34.9. The van der Waals surface area contributed by atoms with Crippen molar-refractivity contribution in [2.45, 2.75) is 38.5 Å². The van der Waals surface area contributed by atoms with Crippen LogP contribution in [0.2, 0.25) is 0 Å². The van der Waals surface area contributed by atoms with Gasteiger partial charge in [-0.15, -0.1) is 0 Å². The second kappa shape index (κ2) is 10.8. The van der Waals surface area contributed by atoms with Crippen LogP contribution in [0.3, 0.4) is 0 Å². The van der Waals surface area contributed by atoms with Crippen LogP contribution in [0, 0.1) is 6.92 Å². The molecule has 2 aliphatic heterocycles. The summed E-state index contributed by atoms with van der Waals surface area (Å²) in [6, 6.07) is 11.0. The van der Waals surface area contributed by atoms with E-state index in [1.807, 2.05) is 36.1 Å². The first-order chi connectivity index (χ1) is 16.0. The van der Waals surface area contributed by atoms with Gasteiger partial charge < -0.3 is 19.9 Å². The summed E-state index contributed by atoms with van der Waals surface area (Å²) < 4.78 is 5.18. The molecule has 2 fully saturated rings. The van der Waals surface area contributed by atoms with Crippen molar-refractivity contribution in [3.8, 4) is 5.75 Å². The maximum Gasteiger partial charge on any atom is 0.253 e. The van der Waals surface area contributed by atoms with Crippen molar-refractivity contribution in [2.24, 2.45) is 0 Å². The third kappa shape index (κ3) is 5.71. The van der Waals surface area contributed by atoms with E-state index in [1.165, 1.54) is 12.8 Å². The second-order valence-electron chi connectivity index (χ2n) is 8.99. The van der Waals surface area contributed by atoms with Crippen molar-refractivity contribution < 1.29 is 14.3 Å². The zero-order chi connectivity index (χ0) is 23.2. The Bertz CT molecular complexity index is 962. The molecule has 2 amide bonds. The summed E-state index contributed by atoms with van der Waals surface area (Å²) in [6.45, 7) is 7.07. The van der Waals surface area contributed by atoms with Gasteiger partial charge in [0, 0.05) is 43.4 Å². The number of hydrogen-bond acceptors (Lipinski definition) is 5. The molecule has 3 heterocycles. The van der Waals surface area contributed by atoms with Crippen LogP contribution in [0.4, 0.5) is 0 Å². The fourth-order valence-electron chi connectivity index (χ4n) is 4.78. The molecule has 176 valence electrons. The second-order valence-corrected chi connectivity index (χ2v) is 8.99. The van der Waals surface area contributed by atoms with E-state index in [4.69, 9.17) is 9.72 Å². The molecule has 0 bridgehead atoms. The van der Waals surface area contributed by atoms with Gasteiger partial charge in [0.25, 0.3) is 11.8 Å². The standard InChI is InChI=1S/C26H34N4O3/c1-19-5-10-23(25(31)27-13-18-29-14-3-4-15-29)24(28-19)20-11-16-30(17-12-20)26(32)21-6-8-22(33-2)9-7-21/h5-10,20H,3-4,11-18H2,1-2H3,(H,27,31). The third-order valence-electron chi connectivity index (χ3n) is 6.73. The number of aromatic nitrogens is 1. The van der Waals surface area contributed by atoms with Crippen molar-refractivity contribution in [3.63, 3.8) is 0 Å². The summed E-state index contributed by atoms with van der Waals surface area (Å²) in [5.74, 6) is 0.896. The Morgan fingerprint density at radius 3 is 2.39 bits per heavy atom. The number of pyridine rings is 1. The minimum absolute atomic E-state index is 0.0354. The molecule has 0 spiro atoms. The van der Waals surface area contributed by atoms with Crippen LogP contribution >= 0.6 is 0 Å². The molecule has 2 aliphatic rings. The molecular weight excluding hydrogens is 416 g/mol. The lowest BCUT2D eigenvalue weighted by molar-refractivity contribution is 0.0710. The Hall–Kier alpha value is -2.93. The summed E-state index contributed by atoms with van der Waals surface area (Å²) in [5.41, 5.74) is 3.11. The number of likely N-dealkylation sites (tertiary alicyclic amines) is 2. The maximum absolute atomic E-state index is 13.0. The van der Waals surface area contributed by atoms with E-state index in [0.717, 1.165) is 49.6 Å². The number of ether oxygens (including phenoxy) is 1. The van der Waals surface area contributed by atoms with Gasteiger partial charge in [0.05, 0.1) is 18.4 Å². The normalized spacial score (nSPS) is 17.2. The molecule has 33 heavy (non-hydrogen) atoms. The lowest BCUT2D eigenvalue weighted by Gasteiger charge is -2.32. The molecule has 2 aromatic rings. The SMILES string of the molecule is COc1ccc(C(=O)N2CCC(c3nc(C)ccc3C(=O)NCCN3CCCC3)CC2)cc1. The first-order valence-corrected chi connectivity index (χ1v) is 12.0. The number of rotatable bonds is 7. The van der Waals surface area contributed by atoms with Gasteiger partial charge in [-0.25, -0.2) is 0 Å². The molecule has 1 N–H and O–H groups in total. The summed E-state index contributed by atoms with van der Waals surface area (Å²) in [6.07, 6.45) is 4.10. The number of carbonyl (C=O) groups excluding carboxylic acids is 2. The van der Waals surface area contributed by atoms with Gasteiger partial charge >= 0.3 is 0 Å². The summed E-state index contributed by atoms with van der Waals surface area (Å²) >= 11 is 0. The number of amides is 2. The van der Waals surface area contributed by atoms with Crippen molar-refractivity contribution in [2.75, 3.05) is 46.4 Å². The van der Waals surface area contributed by atoms with Crippen molar-refractivity contribution in [1.82, 2.24) is 20.1 Å². The topological polar surface area (TPSA) is 74.8 Å². The maximum atomic E-state index is 13.0. The molecule has 7 heteroatoms. The largest absolute Gasteiger partial charge is 0.497 e. The van der Waals surface area contributed by atoms with E-state index in [1.54, 1.807) is 19.2 Å². The van der Waals surface area contributed by atoms with E-state index in [-0.39, 0.29) is 17.7 Å². The van der Waals surface area contributed by atoms with Crippen molar-refractivity contribution in [3.05, 3.63) is 58.9 Å². The fourth-order valence-corrected chi connectivity index (χ4v) is 4.78. The summed E-state index contributed by atoms with van der Waals surface area (Å²) in [5, 5.41) is 3.09. The molecule has 2 saturated heterocycles. The van der Waals surface area contributed by atoms with Crippen LogP contribution in [0.15, 0.2) is 36.4 Å². The molecule has 0 atom stereocenters. The number of hydrogen-bond donors (Lipinski definition) is 1. The van der Waals surface area contributed by atoms with Crippen LogP contribution in [0.25, 0.3) is 0 Å². The summed E-state index contributed by atoms with van der Waals surface area (Å²) in [7, 11) is 1.61. The van der Waals surface area contributed by atoms with Gasteiger partial charge in [-0.3, -0.25) is 14.6 Å². The average molecular weight is 451 g/mol. The number of benzene rings is 1. The van der Waals surface area contributed by atoms with Gasteiger partial charge in [-0.1, -0.05) is 0 Å². The molecule has 0 saturated carbocycles. The molecule has 0 unspecified atom stereocenters. The molecule has 4 rings (SSSR count). The number of aryl methyl sites for hydroxylation is 1. The van der Waals surface area contributed by atoms with Gasteiger partial charge in [-0.2, -0.15) is 0 Å². The van der Waals surface area contributed by atoms with E-state index < -0.39 is 0 Å². The first-order valence-electron chi connectivity index (χ1n) is 12.0. The molecule has 0 aliphatic carbocycles. The van der Waals surface area contributed by atoms with Gasteiger partial charge in [0.15, 0.2) is 0 Å². The van der Waals surface area contributed by atoms with Crippen molar-refractivity contribution in [1.29, 1.82) is 0 Å². The molecule has 7 nitrogen and oxygen atoms in total. The minimum Gasteiger partial charge on any atom is -0.497 e. The van der Waals surface area contributed by atoms with Crippen LogP contribution in [0.1, 0.15) is 63.7 Å². The molecule has 0 radical (unpaired) electrons. The van der Waals surface area contributed by atoms with E-state index >= 15 is 0 Å². The first kappa shape index (κ1) is 23.2. The number of nitrogens with one attached hydrogen (secondary N) is 1. The van der Waals surface area contributed by atoms with Crippen LogP contribution in [-0.2, 0) is 0 Å². The number of piperidine rings is 1. The predicted molar refractivity (Wildman–Crippen MR) is 128 cm³/mol. The molecule has 1 aromatic heterocycles. The predicted octanol–water partition coefficient (Wildman–Crippen LogP) is 3.24. The van der Waals surface area contributed by atoms with E-state index in [0.29, 0.717) is 30.8 Å². The highest BCUT2D eigenvalue weighted by atomic mass is 16.5. The molecule has 1 aromatic carbocycles. The van der Waals surface area contributed by atoms with Crippen LogP contribution in [-0.4, -0.2) is 73.0 Å².